The first kappa shape index (κ1) is 12.0. The van der Waals surface area contributed by atoms with Crippen molar-refractivity contribution in [1.82, 2.24) is 10.9 Å². The van der Waals surface area contributed by atoms with E-state index in [1.807, 2.05) is 30.3 Å². The summed E-state index contributed by atoms with van der Waals surface area (Å²) in [6.45, 7) is 0. The summed E-state index contributed by atoms with van der Waals surface area (Å²) in [6.07, 6.45) is -0.621. The number of hydrogen-bond acceptors (Lipinski definition) is 6. The van der Waals surface area contributed by atoms with E-state index < -0.39 is 0 Å². The molecule has 0 amide bonds. The fourth-order valence-corrected chi connectivity index (χ4v) is 2.77. The number of benzene rings is 1. The van der Waals surface area contributed by atoms with Gasteiger partial charge in [0.2, 0.25) is 5.88 Å². The van der Waals surface area contributed by atoms with Crippen molar-refractivity contribution in [2.75, 3.05) is 0 Å². The van der Waals surface area contributed by atoms with Crippen LogP contribution < -0.4 is 22.3 Å². The molecule has 98 valence electrons. The number of hydrogen-bond donors (Lipinski definition) is 4. The third-order valence-electron chi connectivity index (χ3n) is 3.65. The van der Waals surface area contributed by atoms with Gasteiger partial charge in [0.05, 0.1) is 17.7 Å². The summed E-state index contributed by atoms with van der Waals surface area (Å²) < 4.78 is 5.52. The number of nitrogens with one attached hydrogen (secondary N) is 2. The van der Waals surface area contributed by atoms with Crippen LogP contribution >= 0.6 is 0 Å². The third kappa shape index (κ3) is 1.85. The van der Waals surface area contributed by atoms with Crippen molar-refractivity contribution in [3.05, 3.63) is 47.4 Å². The Bertz CT molecular complexity index is 550. The Morgan fingerprint density at radius 1 is 1.21 bits per heavy atom. The number of fused-ring (bicyclic) bond motifs is 1. The van der Waals surface area contributed by atoms with Gasteiger partial charge in [-0.05, 0) is 5.56 Å². The Balaban J connectivity index is 2.10. The van der Waals surface area contributed by atoms with Gasteiger partial charge in [0.1, 0.15) is 6.07 Å². The standard InChI is InChI=1S/C13H15N5O/c14-6-8-9(7-4-2-1-3-5-7)10-11(15)17-18-13(10)19-12(8)16/h1-5,9-11,13,17-18H,15-16H2. The Morgan fingerprint density at radius 2 is 1.95 bits per heavy atom. The van der Waals surface area contributed by atoms with E-state index in [0.29, 0.717) is 5.57 Å². The van der Waals surface area contributed by atoms with Crippen LogP contribution in [0.1, 0.15) is 11.5 Å². The second-order valence-electron chi connectivity index (χ2n) is 4.71. The van der Waals surface area contributed by atoms with Crippen LogP contribution in [0.2, 0.25) is 0 Å². The van der Waals surface area contributed by atoms with E-state index in [1.54, 1.807) is 0 Å². The van der Waals surface area contributed by atoms with Gasteiger partial charge >= 0.3 is 0 Å². The molecule has 4 unspecified atom stereocenters. The molecular formula is C13H15N5O. The van der Waals surface area contributed by atoms with Gasteiger partial charge in [-0.15, -0.1) is 0 Å². The second kappa shape index (κ2) is 4.55. The summed E-state index contributed by atoms with van der Waals surface area (Å²) in [6, 6.07) is 11.9. The van der Waals surface area contributed by atoms with Gasteiger partial charge in [0.25, 0.3) is 0 Å². The van der Waals surface area contributed by atoms with Crippen LogP contribution in [0.25, 0.3) is 0 Å². The summed E-state index contributed by atoms with van der Waals surface area (Å²) in [5.74, 6) is -0.0761. The fourth-order valence-electron chi connectivity index (χ4n) is 2.77. The van der Waals surface area contributed by atoms with Crippen molar-refractivity contribution < 1.29 is 4.74 Å². The smallest absolute Gasteiger partial charge is 0.200 e. The average Bonchev–Trinajstić information content (AvgIpc) is 2.79. The zero-order valence-electron chi connectivity index (χ0n) is 10.2. The predicted molar refractivity (Wildman–Crippen MR) is 68.6 cm³/mol. The molecule has 1 saturated heterocycles. The van der Waals surface area contributed by atoms with Gasteiger partial charge < -0.3 is 16.2 Å². The van der Waals surface area contributed by atoms with E-state index in [-0.39, 0.29) is 30.1 Å². The van der Waals surface area contributed by atoms with Crippen LogP contribution in [-0.4, -0.2) is 12.4 Å². The predicted octanol–water partition coefficient (Wildman–Crippen LogP) is -0.171. The Hall–Kier alpha value is -2.07. The minimum Gasteiger partial charge on any atom is -0.458 e. The fraction of sp³-hybridized carbons (Fsp3) is 0.308. The maximum Gasteiger partial charge on any atom is 0.200 e. The second-order valence-corrected chi connectivity index (χ2v) is 4.71. The molecule has 6 heteroatoms. The molecule has 2 heterocycles. The first-order valence-electron chi connectivity index (χ1n) is 6.10. The largest absolute Gasteiger partial charge is 0.458 e. The molecule has 4 atom stereocenters. The lowest BCUT2D eigenvalue weighted by Crippen LogP contribution is -2.43. The van der Waals surface area contributed by atoms with E-state index in [2.05, 4.69) is 16.9 Å². The van der Waals surface area contributed by atoms with E-state index in [4.69, 9.17) is 16.2 Å². The van der Waals surface area contributed by atoms with Crippen LogP contribution in [-0.2, 0) is 4.74 Å². The molecule has 0 spiro atoms. The highest BCUT2D eigenvalue weighted by atomic mass is 16.5. The summed E-state index contributed by atoms with van der Waals surface area (Å²) >= 11 is 0. The summed E-state index contributed by atoms with van der Waals surface area (Å²) in [7, 11) is 0. The summed E-state index contributed by atoms with van der Waals surface area (Å²) in [4.78, 5) is 0. The van der Waals surface area contributed by atoms with Gasteiger partial charge in [-0.1, -0.05) is 30.3 Å². The maximum atomic E-state index is 9.35. The third-order valence-corrected chi connectivity index (χ3v) is 3.65. The van der Waals surface area contributed by atoms with Crippen molar-refractivity contribution in [1.29, 1.82) is 5.26 Å². The number of rotatable bonds is 1. The van der Waals surface area contributed by atoms with Crippen molar-refractivity contribution in [2.45, 2.75) is 18.3 Å². The van der Waals surface area contributed by atoms with Crippen molar-refractivity contribution in [3.8, 4) is 6.07 Å². The molecule has 0 bridgehead atoms. The van der Waals surface area contributed by atoms with E-state index in [0.717, 1.165) is 5.56 Å². The van der Waals surface area contributed by atoms with Gasteiger partial charge in [0, 0.05) is 5.92 Å². The van der Waals surface area contributed by atoms with Crippen LogP contribution in [0.15, 0.2) is 41.8 Å². The molecular weight excluding hydrogens is 242 g/mol. The average molecular weight is 257 g/mol. The number of ether oxygens (including phenoxy) is 1. The highest BCUT2D eigenvalue weighted by molar-refractivity contribution is 5.41. The molecule has 6 nitrogen and oxygen atoms in total. The summed E-state index contributed by atoms with van der Waals surface area (Å²) in [5.41, 5.74) is 19.3. The van der Waals surface area contributed by atoms with Gasteiger partial charge in [-0.2, -0.15) is 5.26 Å². The minimum atomic E-state index is -0.322. The van der Waals surface area contributed by atoms with Crippen LogP contribution in [0.4, 0.5) is 0 Å². The zero-order chi connectivity index (χ0) is 13.4. The number of nitrogens with two attached hydrogens (primary N) is 2. The SMILES string of the molecule is N#CC1=C(N)OC2NNC(N)C2C1c1ccccc1. The number of nitriles is 1. The molecule has 19 heavy (non-hydrogen) atoms. The molecule has 3 rings (SSSR count). The van der Waals surface area contributed by atoms with E-state index in [1.165, 1.54) is 0 Å². The molecule has 0 saturated carbocycles. The van der Waals surface area contributed by atoms with Gasteiger partial charge in [-0.3, -0.25) is 0 Å². The van der Waals surface area contributed by atoms with Crippen LogP contribution in [0, 0.1) is 17.2 Å². The van der Waals surface area contributed by atoms with Crippen molar-refractivity contribution >= 4 is 0 Å². The normalized spacial score (nSPS) is 33.5. The Morgan fingerprint density at radius 3 is 2.63 bits per heavy atom. The molecule has 2 aliphatic heterocycles. The first-order chi connectivity index (χ1) is 9.22. The molecule has 0 aromatic heterocycles. The molecule has 2 aliphatic rings. The lowest BCUT2D eigenvalue weighted by molar-refractivity contribution is 0.0345. The highest BCUT2D eigenvalue weighted by Gasteiger charge is 2.47. The first-order valence-corrected chi connectivity index (χ1v) is 6.10. The van der Waals surface area contributed by atoms with Gasteiger partial charge in [-0.25, -0.2) is 10.9 Å². The lowest BCUT2D eigenvalue weighted by atomic mass is 9.78. The lowest BCUT2D eigenvalue weighted by Gasteiger charge is -2.34. The number of hydrazine groups is 1. The molecule has 1 fully saturated rings. The quantitative estimate of drug-likeness (QED) is 0.556. The van der Waals surface area contributed by atoms with Crippen LogP contribution in [0.3, 0.4) is 0 Å². The van der Waals surface area contributed by atoms with Gasteiger partial charge in [0.15, 0.2) is 6.23 Å². The Kier molecular flexibility index (Phi) is 2.87. The molecule has 1 aromatic carbocycles. The number of allylic oxidation sites excluding steroid dienone is 1. The monoisotopic (exact) mass is 257 g/mol. The van der Waals surface area contributed by atoms with Crippen molar-refractivity contribution in [2.24, 2.45) is 17.4 Å². The molecule has 6 N–H and O–H groups in total. The highest BCUT2D eigenvalue weighted by Crippen LogP contribution is 2.41. The molecule has 1 aromatic rings. The topological polar surface area (TPSA) is 109 Å². The Labute approximate surface area is 111 Å². The summed E-state index contributed by atoms with van der Waals surface area (Å²) in [5, 5.41) is 9.35. The molecule has 0 aliphatic carbocycles. The van der Waals surface area contributed by atoms with E-state index in [9.17, 15) is 5.26 Å². The zero-order valence-corrected chi connectivity index (χ0v) is 10.2. The minimum absolute atomic E-state index is 0.0793. The van der Waals surface area contributed by atoms with Crippen molar-refractivity contribution in [3.63, 3.8) is 0 Å². The molecule has 0 radical (unpaired) electrons. The van der Waals surface area contributed by atoms with E-state index >= 15 is 0 Å². The number of nitrogens with zero attached hydrogens (tertiary/aromatic N) is 1. The van der Waals surface area contributed by atoms with Crippen LogP contribution in [0.5, 0.6) is 0 Å². The maximum absolute atomic E-state index is 9.35.